The van der Waals surface area contributed by atoms with E-state index in [1.165, 1.54) is 18.5 Å². The first kappa shape index (κ1) is 14.3. The van der Waals surface area contributed by atoms with Gasteiger partial charge in [0.25, 0.3) is 0 Å². The van der Waals surface area contributed by atoms with Crippen LogP contribution in [0.2, 0.25) is 0 Å². The summed E-state index contributed by atoms with van der Waals surface area (Å²) in [6.45, 7) is 8.93. The third-order valence-corrected chi connectivity index (χ3v) is 8.95. The van der Waals surface area contributed by atoms with E-state index in [1.807, 2.05) is 6.92 Å². The molecule has 0 atom stereocenters. The predicted molar refractivity (Wildman–Crippen MR) is 65.7 cm³/mol. The molecule has 0 saturated carbocycles. The fourth-order valence-corrected chi connectivity index (χ4v) is 5.80. The van der Waals surface area contributed by atoms with Gasteiger partial charge in [-0.15, -0.1) is 0 Å². The summed E-state index contributed by atoms with van der Waals surface area (Å²) in [5.41, 5.74) is -0.268. The molecular weight excluding hydrogens is 195 g/mol. The highest BCUT2D eigenvalue weighted by Gasteiger charge is 2.40. The molecule has 14 heavy (non-hydrogen) atoms. The van der Waals surface area contributed by atoms with E-state index in [1.54, 1.807) is 0 Å². The molecule has 0 rings (SSSR count). The Labute approximate surface area is 89.1 Å². The van der Waals surface area contributed by atoms with Gasteiger partial charge >= 0.3 is 0 Å². The van der Waals surface area contributed by atoms with Crippen LogP contribution in [0, 0.1) is 5.41 Å². The summed E-state index contributed by atoms with van der Waals surface area (Å²) in [5, 5.41) is 18.6. The Hall–Kier alpha value is 0.350. The lowest BCUT2D eigenvalue weighted by atomic mass is 9.96. The molecule has 0 saturated heterocycles. The van der Waals surface area contributed by atoms with Crippen molar-refractivity contribution in [2.75, 3.05) is 37.9 Å². The summed E-state index contributed by atoms with van der Waals surface area (Å²) in [7, 11) is -0.913. The zero-order valence-electron chi connectivity index (χ0n) is 10.1. The Morgan fingerprint density at radius 1 is 0.929 bits per heavy atom. The monoisotopic (exact) mass is 221 g/mol. The molecule has 0 fully saturated rings. The van der Waals surface area contributed by atoms with Crippen molar-refractivity contribution in [3.63, 3.8) is 0 Å². The van der Waals surface area contributed by atoms with Crippen LogP contribution in [-0.4, -0.2) is 48.1 Å². The van der Waals surface area contributed by atoms with Gasteiger partial charge in [0.15, 0.2) is 0 Å². The zero-order valence-corrected chi connectivity index (χ0v) is 11.0. The van der Waals surface area contributed by atoms with Crippen LogP contribution in [0.25, 0.3) is 0 Å². The molecule has 0 unspecified atom stereocenters. The molecule has 0 aliphatic carbocycles. The van der Waals surface area contributed by atoms with Crippen LogP contribution in [0.15, 0.2) is 0 Å². The quantitative estimate of drug-likeness (QED) is 0.646. The summed E-state index contributed by atoms with van der Waals surface area (Å²) >= 11 is 0. The normalized spacial score (nSPS) is 13.3. The van der Waals surface area contributed by atoms with E-state index in [2.05, 4.69) is 20.8 Å². The molecule has 3 heteroatoms. The van der Waals surface area contributed by atoms with Crippen LogP contribution >= 0.6 is 7.26 Å². The van der Waals surface area contributed by atoms with E-state index in [0.29, 0.717) is 0 Å². The fourth-order valence-electron chi connectivity index (χ4n) is 1.97. The third-order valence-electron chi connectivity index (χ3n) is 3.49. The Bertz CT molecular complexity index is 143. The van der Waals surface area contributed by atoms with E-state index in [0.717, 1.165) is 6.16 Å². The van der Waals surface area contributed by atoms with Crippen molar-refractivity contribution < 1.29 is 10.2 Å². The zero-order chi connectivity index (χ0) is 11.2. The summed E-state index contributed by atoms with van der Waals surface area (Å²) in [6.07, 6.45) is 4.72. The first-order valence-electron chi connectivity index (χ1n) is 5.58. The van der Waals surface area contributed by atoms with Gasteiger partial charge in [-0.3, -0.25) is 0 Å². The van der Waals surface area contributed by atoms with E-state index < -0.39 is 7.26 Å². The molecule has 86 valence electrons. The van der Waals surface area contributed by atoms with Crippen molar-refractivity contribution in [1.82, 2.24) is 0 Å². The van der Waals surface area contributed by atoms with Crippen LogP contribution in [0.5, 0.6) is 0 Å². The average Bonchev–Trinajstić information content (AvgIpc) is 2.26. The van der Waals surface area contributed by atoms with Crippen molar-refractivity contribution in [2.24, 2.45) is 5.41 Å². The molecule has 0 aliphatic heterocycles. The SMILES string of the molecule is CC[P+](CC)(CC)CC(C)(CO)CO. The highest BCUT2D eigenvalue weighted by atomic mass is 31.2. The predicted octanol–water partition coefficient (Wildman–Crippen LogP) is 2.05. The van der Waals surface area contributed by atoms with Crippen LogP contribution in [0.1, 0.15) is 27.7 Å². The summed E-state index contributed by atoms with van der Waals surface area (Å²) in [4.78, 5) is 0. The molecule has 0 aromatic heterocycles. The van der Waals surface area contributed by atoms with Crippen LogP contribution < -0.4 is 0 Å². The van der Waals surface area contributed by atoms with Gasteiger partial charge < -0.3 is 10.2 Å². The molecule has 0 bridgehead atoms. The average molecular weight is 221 g/mol. The molecule has 0 radical (unpaired) electrons. The van der Waals surface area contributed by atoms with Crippen LogP contribution in [-0.2, 0) is 0 Å². The maximum Gasteiger partial charge on any atom is 0.0691 e. The second-order valence-corrected chi connectivity index (χ2v) is 9.47. The Morgan fingerprint density at radius 2 is 1.29 bits per heavy atom. The van der Waals surface area contributed by atoms with Gasteiger partial charge in [-0.25, -0.2) is 0 Å². The minimum Gasteiger partial charge on any atom is -0.396 e. The van der Waals surface area contributed by atoms with E-state index in [-0.39, 0.29) is 18.6 Å². The van der Waals surface area contributed by atoms with Crippen molar-refractivity contribution >= 4 is 7.26 Å². The standard InChI is InChI=1S/C11H26O2P/c1-5-14(6-2,7-3)10-11(4,8-12)9-13/h12-13H,5-10H2,1-4H3/q+1. The molecule has 0 aromatic rings. The van der Waals surface area contributed by atoms with Crippen LogP contribution in [0.3, 0.4) is 0 Å². The molecule has 2 N–H and O–H groups in total. The number of hydrogen-bond acceptors (Lipinski definition) is 2. The van der Waals surface area contributed by atoms with Gasteiger partial charge in [-0.1, -0.05) is 6.92 Å². The van der Waals surface area contributed by atoms with Gasteiger partial charge in [0.05, 0.1) is 37.9 Å². The number of aliphatic hydroxyl groups is 2. The highest BCUT2D eigenvalue weighted by Crippen LogP contribution is 2.60. The van der Waals surface area contributed by atoms with E-state index >= 15 is 0 Å². The lowest BCUT2D eigenvalue weighted by molar-refractivity contribution is 0.0881. The second kappa shape index (κ2) is 6.05. The van der Waals surface area contributed by atoms with Crippen molar-refractivity contribution in [3.05, 3.63) is 0 Å². The van der Waals surface area contributed by atoms with Gasteiger partial charge in [0.2, 0.25) is 0 Å². The fraction of sp³-hybridized carbons (Fsp3) is 1.00. The number of hydrogen-bond donors (Lipinski definition) is 2. The summed E-state index contributed by atoms with van der Waals surface area (Å²) in [5.74, 6) is 0. The number of aliphatic hydroxyl groups excluding tert-OH is 2. The smallest absolute Gasteiger partial charge is 0.0691 e. The Kier molecular flexibility index (Phi) is 6.20. The molecule has 0 aliphatic rings. The summed E-state index contributed by atoms with van der Waals surface area (Å²) in [6, 6.07) is 0. The van der Waals surface area contributed by atoms with Crippen molar-refractivity contribution in [3.8, 4) is 0 Å². The maximum atomic E-state index is 9.29. The Balaban J connectivity index is 4.56. The maximum absolute atomic E-state index is 9.29. The van der Waals surface area contributed by atoms with Gasteiger partial charge in [0.1, 0.15) is 0 Å². The lowest BCUT2D eigenvalue weighted by Gasteiger charge is -2.33. The largest absolute Gasteiger partial charge is 0.396 e. The molecule has 0 amide bonds. The Morgan fingerprint density at radius 3 is 1.50 bits per heavy atom. The molecule has 0 heterocycles. The molecule has 0 spiro atoms. The van der Waals surface area contributed by atoms with E-state index in [9.17, 15) is 10.2 Å². The first-order valence-corrected chi connectivity index (χ1v) is 8.11. The molecular formula is C11H26O2P+. The van der Waals surface area contributed by atoms with E-state index in [4.69, 9.17) is 0 Å². The van der Waals surface area contributed by atoms with Gasteiger partial charge in [0, 0.05) is 12.7 Å². The minimum absolute atomic E-state index is 0.102. The summed E-state index contributed by atoms with van der Waals surface area (Å²) < 4.78 is 0. The molecule has 2 nitrogen and oxygen atoms in total. The van der Waals surface area contributed by atoms with Crippen LogP contribution in [0.4, 0.5) is 0 Å². The van der Waals surface area contributed by atoms with Crippen molar-refractivity contribution in [1.29, 1.82) is 0 Å². The molecule has 0 aromatic carbocycles. The first-order chi connectivity index (χ1) is 6.51. The number of rotatable bonds is 7. The topological polar surface area (TPSA) is 40.5 Å². The van der Waals surface area contributed by atoms with Crippen molar-refractivity contribution in [2.45, 2.75) is 27.7 Å². The third kappa shape index (κ3) is 3.49. The van der Waals surface area contributed by atoms with Gasteiger partial charge in [-0.2, -0.15) is 0 Å². The van der Waals surface area contributed by atoms with Gasteiger partial charge in [-0.05, 0) is 20.8 Å². The lowest BCUT2D eigenvalue weighted by Crippen LogP contribution is -2.33. The minimum atomic E-state index is -0.913. The second-order valence-electron chi connectivity index (χ2n) is 4.58. The highest BCUT2D eigenvalue weighted by molar-refractivity contribution is 7.75.